The second kappa shape index (κ2) is 11.4. The van der Waals surface area contributed by atoms with Crippen molar-refractivity contribution in [2.24, 2.45) is 0 Å². The number of hydrogen-bond donors (Lipinski definition) is 0. The zero-order valence-corrected chi connectivity index (χ0v) is 21.2. The van der Waals surface area contributed by atoms with Crippen molar-refractivity contribution >= 4 is 22.4 Å². The summed E-state index contributed by atoms with van der Waals surface area (Å²) in [6.45, 7) is 17.8. The number of amides is 1. The molecule has 1 aliphatic heterocycles. The van der Waals surface area contributed by atoms with Crippen molar-refractivity contribution in [3.8, 4) is 0 Å². The third-order valence-corrected chi connectivity index (χ3v) is 5.95. The van der Waals surface area contributed by atoms with Gasteiger partial charge in [-0.15, -0.1) is 17.9 Å². The molecule has 1 fully saturated rings. The number of carbonyl (C=O) groups excluding carboxylic acids is 1. The van der Waals surface area contributed by atoms with Gasteiger partial charge in [0.15, 0.2) is 4.96 Å². The van der Waals surface area contributed by atoms with Crippen LogP contribution in [0.2, 0.25) is 0 Å². The molecule has 1 saturated heterocycles. The minimum atomic E-state index is -0.493. The lowest BCUT2D eigenvalue weighted by Crippen LogP contribution is -2.49. The highest BCUT2D eigenvalue weighted by Gasteiger charge is 2.27. The normalized spacial score (nSPS) is 16.2. The largest absolute Gasteiger partial charge is 0.444 e. The number of carbonyl (C=O) groups is 1. The molecule has 0 saturated carbocycles. The van der Waals surface area contributed by atoms with Crippen LogP contribution in [0.5, 0.6) is 0 Å². The molecule has 3 heterocycles. The third kappa shape index (κ3) is 7.13. The standard InChI is InChI=1S/C20H29N5O4S.C3H6/c1-6-16(25(27)28)14(2)17-13-30-18-21-15(12-24(17)18)11-22-7-9-23(10-8-22)19(26)29-20(3,4)5;1-3-2/h6,12-14H,7-11H2,1-5H3;3H,1H2,2H3/b16-6+;. The molecule has 0 N–H and O–H groups in total. The smallest absolute Gasteiger partial charge is 0.410 e. The van der Waals surface area contributed by atoms with Crippen LogP contribution in [-0.2, 0) is 11.3 Å². The van der Waals surface area contributed by atoms with Gasteiger partial charge in [0, 0.05) is 50.0 Å². The number of fused-ring (bicyclic) bond motifs is 1. The molecule has 1 amide bonds. The summed E-state index contributed by atoms with van der Waals surface area (Å²) in [4.78, 5) is 32.7. The first-order valence-corrected chi connectivity index (χ1v) is 11.9. The third-order valence-electron chi connectivity index (χ3n) is 5.09. The summed E-state index contributed by atoms with van der Waals surface area (Å²) in [6.07, 6.45) is 5.00. The van der Waals surface area contributed by atoms with Gasteiger partial charge in [-0.2, -0.15) is 0 Å². The summed E-state index contributed by atoms with van der Waals surface area (Å²) in [5.41, 5.74) is 1.48. The lowest BCUT2D eigenvalue weighted by Gasteiger charge is -2.35. The van der Waals surface area contributed by atoms with Crippen molar-refractivity contribution in [3.63, 3.8) is 0 Å². The van der Waals surface area contributed by atoms with Gasteiger partial charge in [0.05, 0.1) is 16.5 Å². The molecule has 1 atom stereocenters. The summed E-state index contributed by atoms with van der Waals surface area (Å²) in [6, 6.07) is 0. The van der Waals surface area contributed by atoms with Crippen LogP contribution < -0.4 is 0 Å². The Kier molecular flexibility index (Phi) is 9.18. The van der Waals surface area contributed by atoms with Crippen LogP contribution in [-0.4, -0.2) is 62.0 Å². The van der Waals surface area contributed by atoms with Crippen LogP contribution in [0.4, 0.5) is 4.79 Å². The average molecular weight is 478 g/mol. The minimum Gasteiger partial charge on any atom is -0.444 e. The molecule has 1 aliphatic rings. The first kappa shape index (κ1) is 26.5. The first-order chi connectivity index (χ1) is 15.5. The Labute approximate surface area is 199 Å². The van der Waals surface area contributed by atoms with E-state index in [-0.39, 0.29) is 22.6 Å². The predicted octanol–water partition coefficient (Wildman–Crippen LogP) is 4.92. The van der Waals surface area contributed by atoms with E-state index in [2.05, 4.69) is 16.5 Å². The van der Waals surface area contributed by atoms with Crippen LogP contribution in [0, 0.1) is 10.1 Å². The van der Waals surface area contributed by atoms with E-state index in [0.717, 1.165) is 29.4 Å². The number of nitro groups is 1. The summed E-state index contributed by atoms with van der Waals surface area (Å²) in [5, 5.41) is 13.2. The maximum atomic E-state index is 12.2. The molecule has 9 nitrogen and oxygen atoms in total. The molecular formula is C23H35N5O4S. The molecule has 0 bridgehead atoms. The second-order valence-electron chi connectivity index (χ2n) is 8.89. The van der Waals surface area contributed by atoms with Gasteiger partial charge in [-0.25, -0.2) is 9.78 Å². The average Bonchev–Trinajstić information content (AvgIpc) is 3.28. The summed E-state index contributed by atoms with van der Waals surface area (Å²) < 4.78 is 7.40. The number of ether oxygens (including phenoxy) is 1. The van der Waals surface area contributed by atoms with Gasteiger partial charge < -0.3 is 9.64 Å². The van der Waals surface area contributed by atoms with Crippen LogP contribution in [0.1, 0.15) is 58.8 Å². The summed E-state index contributed by atoms with van der Waals surface area (Å²) in [7, 11) is 0. The highest BCUT2D eigenvalue weighted by molar-refractivity contribution is 7.15. The van der Waals surface area contributed by atoms with Crippen molar-refractivity contribution in [2.45, 2.75) is 59.6 Å². The highest BCUT2D eigenvalue weighted by Crippen LogP contribution is 2.29. The molecule has 0 aliphatic carbocycles. The molecule has 10 heteroatoms. The van der Waals surface area contributed by atoms with Gasteiger partial charge in [-0.1, -0.05) is 6.08 Å². The number of imidazole rings is 1. The first-order valence-electron chi connectivity index (χ1n) is 11.0. The number of nitrogens with zero attached hydrogens (tertiary/aromatic N) is 5. The molecule has 1 unspecified atom stereocenters. The molecule has 0 radical (unpaired) electrons. The lowest BCUT2D eigenvalue weighted by atomic mass is 10.1. The van der Waals surface area contributed by atoms with Gasteiger partial charge in [-0.3, -0.25) is 19.4 Å². The van der Waals surface area contributed by atoms with E-state index in [9.17, 15) is 14.9 Å². The minimum absolute atomic E-state index is 0.184. The Hall–Kier alpha value is -2.72. The van der Waals surface area contributed by atoms with Crippen molar-refractivity contribution in [3.05, 3.63) is 57.5 Å². The van der Waals surface area contributed by atoms with Crippen LogP contribution in [0.15, 0.2) is 36.0 Å². The molecular weight excluding hydrogens is 442 g/mol. The quantitative estimate of drug-likeness (QED) is 0.345. The second-order valence-corrected chi connectivity index (χ2v) is 9.73. The Bertz CT molecular complexity index is 996. The molecule has 182 valence electrons. The van der Waals surface area contributed by atoms with Gasteiger partial charge in [0.25, 0.3) is 5.70 Å². The lowest BCUT2D eigenvalue weighted by molar-refractivity contribution is -0.430. The molecule has 0 spiro atoms. The zero-order chi connectivity index (χ0) is 24.8. The van der Waals surface area contributed by atoms with E-state index >= 15 is 0 Å². The SMILES string of the molecule is C/C=C(\C(C)c1csc2nc(CN3CCN(C(=O)OC(C)(C)C)CC3)cn12)[N+](=O)[O-].C=CC. The Morgan fingerprint density at radius 2 is 1.94 bits per heavy atom. The Morgan fingerprint density at radius 3 is 2.45 bits per heavy atom. The summed E-state index contributed by atoms with van der Waals surface area (Å²) in [5.74, 6) is -0.321. The monoisotopic (exact) mass is 477 g/mol. The summed E-state index contributed by atoms with van der Waals surface area (Å²) >= 11 is 1.49. The molecule has 0 aromatic carbocycles. The maximum absolute atomic E-state index is 12.2. The number of thiazole rings is 1. The fourth-order valence-electron chi connectivity index (χ4n) is 3.54. The van der Waals surface area contributed by atoms with E-state index in [0.29, 0.717) is 19.6 Å². The number of aromatic nitrogens is 2. The zero-order valence-electron chi connectivity index (χ0n) is 20.4. The van der Waals surface area contributed by atoms with Gasteiger partial charge in [0.2, 0.25) is 0 Å². The van der Waals surface area contributed by atoms with E-state index in [4.69, 9.17) is 4.74 Å². The van der Waals surface area contributed by atoms with E-state index in [1.807, 2.05) is 50.6 Å². The van der Waals surface area contributed by atoms with Crippen molar-refractivity contribution in [2.75, 3.05) is 26.2 Å². The molecule has 3 rings (SSSR count). The van der Waals surface area contributed by atoms with Crippen molar-refractivity contribution < 1.29 is 14.5 Å². The Morgan fingerprint density at radius 1 is 1.33 bits per heavy atom. The van der Waals surface area contributed by atoms with Crippen molar-refractivity contribution in [1.29, 1.82) is 0 Å². The highest BCUT2D eigenvalue weighted by atomic mass is 32.1. The van der Waals surface area contributed by atoms with E-state index < -0.39 is 5.60 Å². The molecule has 2 aromatic rings. The topological polar surface area (TPSA) is 93.2 Å². The number of allylic oxidation sites excluding steroid dienone is 3. The molecule has 2 aromatic heterocycles. The predicted molar refractivity (Wildman–Crippen MR) is 131 cm³/mol. The van der Waals surface area contributed by atoms with Gasteiger partial charge in [0.1, 0.15) is 5.60 Å². The number of hydrogen-bond acceptors (Lipinski definition) is 7. The van der Waals surface area contributed by atoms with Crippen molar-refractivity contribution in [1.82, 2.24) is 19.2 Å². The van der Waals surface area contributed by atoms with E-state index in [1.54, 1.807) is 24.0 Å². The maximum Gasteiger partial charge on any atom is 0.410 e. The number of rotatable bonds is 5. The van der Waals surface area contributed by atoms with E-state index in [1.165, 1.54) is 11.3 Å². The van der Waals surface area contributed by atoms with Crippen LogP contribution in [0.25, 0.3) is 4.96 Å². The van der Waals surface area contributed by atoms with Gasteiger partial charge in [-0.05, 0) is 47.6 Å². The molecule has 33 heavy (non-hydrogen) atoms. The fourth-order valence-corrected chi connectivity index (χ4v) is 4.53. The van der Waals surface area contributed by atoms with Gasteiger partial charge >= 0.3 is 6.09 Å². The fraction of sp³-hybridized carbons (Fsp3) is 0.565. The Balaban J connectivity index is 0.00000122. The number of piperazine rings is 1. The van der Waals surface area contributed by atoms with Crippen LogP contribution in [0.3, 0.4) is 0 Å². The van der Waals surface area contributed by atoms with Crippen LogP contribution >= 0.6 is 11.3 Å².